The van der Waals surface area contributed by atoms with Crippen molar-refractivity contribution in [1.82, 2.24) is 4.72 Å². The molecule has 0 saturated heterocycles. The van der Waals surface area contributed by atoms with E-state index in [1.807, 2.05) is 0 Å². The molecule has 0 heterocycles. The highest BCUT2D eigenvalue weighted by Crippen LogP contribution is 2.32. The van der Waals surface area contributed by atoms with Crippen molar-refractivity contribution in [3.63, 3.8) is 0 Å². The van der Waals surface area contributed by atoms with Crippen molar-refractivity contribution in [2.24, 2.45) is 0 Å². The second kappa shape index (κ2) is 6.56. The van der Waals surface area contributed by atoms with E-state index in [4.69, 9.17) is 5.11 Å². The number of halogens is 3. The van der Waals surface area contributed by atoms with E-state index in [0.29, 0.717) is 0 Å². The lowest BCUT2D eigenvalue weighted by atomic mass is 10.0. The third-order valence-electron chi connectivity index (χ3n) is 2.93. The van der Waals surface area contributed by atoms with Gasteiger partial charge in [-0.1, -0.05) is 12.1 Å². The van der Waals surface area contributed by atoms with E-state index in [0.717, 1.165) is 6.07 Å². The lowest BCUT2D eigenvalue weighted by molar-refractivity contribution is -0.0584. The molecule has 0 bridgehead atoms. The number of alkyl halides is 2. The van der Waals surface area contributed by atoms with E-state index >= 15 is 0 Å². The van der Waals surface area contributed by atoms with Crippen LogP contribution in [0.3, 0.4) is 0 Å². The Hall–Kier alpha value is -0.760. The molecule has 1 unspecified atom stereocenters. The Morgan fingerprint density at radius 1 is 1.33 bits per heavy atom. The fourth-order valence-electron chi connectivity index (χ4n) is 1.65. The maximum Gasteiger partial charge on any atom is 0.298 e. The fraction of sp³-hybridized carbons (Fsp3) is 0.571. The van der Waals surface area contributed by atoms with E-state index in [1.54, 1.807) is 27.7 Å². The summed E-state index contributed by atoms with van der Waals surface area (Å²) in [4.78, 5) is 0. The monoisotopic (exact) mass is 323 g/mol. The summed E-state index contributed by atoms with van der Waals surface area (Å²) in [6.07, 6.45) is 0. The molecule has 0 aliphatic carbocycles. The minimum atomic E-state index is -3.65. The van der Waals surface area contributed by atoms with Gasteiger partial charge in [-0.05, 0) is 33.8 Å². The lowest BCUT2D eigenvalue weighted by Crippen LogP contribution is -2.40. The van der Waals surface area contributed by atoms with Crippen LogP contribution in [0.25, 0.3) is 0 Å². The molecule has 0 spiro atoms. The number of benzene rings is 1. The van der Waals surface area contributed by atoms with Gasteiger partial charge in [-0.15, -0.1) is 4.72 Å². The van der Waals surface area contributed by atoms with Gasteiger partial charge in [0, 0.05) is 16.9 Å². The smallest absolute Gasteiger partial charge is 0.298 e. The summed E-state index contributed by atoms with van der Waals surface area (Å²) in [7, 11) is 0. The zero-order valence-electron chi connectivity index (χ0n) is 12.4. The predicted molar refractivity (Wildman–Crippen MR) is 76.8 cm³/mol. The summed E-state index contributed by atoms with van der Waals surface area (Å²) in [6.45, 7) is 5.31. The average molecular weight is 323 g/mol. The van der Waals surface area contributed by atoms with Crippen LogP contribution >= 0.6 is 0 Å². The first-order chi connectivity index (χ1) is 9.50. The van der Waals surface area contributed by atoms with Crippen molar-refractivity contribution in [3.8, 4) is 0 Å². The molecule has 0 aliphatic heterocycles. The maximum absolute atomic E-state index is 14.2. The largest absolute Gasteiger partial charge is 0.598 e. The molecule has 2 atom stereocenters. The Kier molecular flexibility index (Phi) is 5.71. The molecular formula is C14H20F3NO2S. The molecular weight excluding hydrogens is 303 g/mol. The van der Waals surface area contributed by atoms with Crippen LogP contribution in [0.1, 0.15) is 44.9 Å². The van der Waals surface area contributed by atoms with Crippen molar-refractivity contribution >= 4 is 11.4 Å². The van der Waals surface area contributed by atoms with Crippen LogP contribution in [-0.2, 0) is 17.3 Å². The van der Waals surface area contributed by atoms with E-state index in [1.165, 1.54) is 12.1 Å². The molecule has 0 aliphatic rings. The van der Waals surface area contributed by atoms with Gasteiger partial charge >= 0.3 is 0 Å². The SMILES string of the molecule is CC(N[S@+]([O-])C(C)(C)C)c1cccc(C(F)(F)CO)c1F. The maximum atomic E-state index is 14.2. The zero-order chi connectivity index (χ0) is 16.4. The highest BCUT2D eigenvalue weighted by Gasteiger charge is 2.36. The van der Waals surface area contributed by atoms with Crippen molar-refractivity contribution in [2.45, 2.75) is 44.4 Å². The Labute approximate surface area is 125 Å². The summed E-state index contributed by atoms with van der Waals surface area (Å²) in [5.41, 5.74) is -0.879. The van der Waals surface area contributed by atoms with E-state index in [-0.39, 0.29) is 5.56 Å². The molecule has 120 valence electrons. The van der Waals surface area contributed by atoms with Gasteiger partial charge in [0.1, 0.15) is 17.2 Å². The summed E-state index contributed by atoms with van der Waals surface area (Å²) < 4.78 is 55.3. The summed E-state index contributed by atoms with van der Waals surface area (Å²) in [5, 5.41) is 8.67. The van der Waals surface area contributed by atoms with Crippen LogP contribution < -0.4 is 4.72 Å². The molecule has 3 nitrogen and oxygen atoms in total. The third kappa shape index (κ3) is 4.35. The van der Waals surface area contributed by atoms with Gasteiger partial charge in [0.25, 0.3) is 5.92 Å². The molecule has 1 rings (SSSR count). The Balaban J connectivity index is 3.07. The van der Waals surface area contributed by atoms with Crippen molar-refractivity contribution in [3.05, 3.63) is 35.1 Å². The van der Waals surface area contributed by atoms with Crippen LogP contribution in [0.4, 0.5) is 13.2 Å². The van der Waals surface area contributed by atoms with Gasteiger partial charge in [0.15, 0.2) is 0 Å². The van der Waals surface area contributed by atoms with Crippen LogP contribution in [0.2, 0.25) is 0 Å². The molecule has 1 aromatic carbocycles. The van der Waals surface area contributed by atoms with Gasteiger partial charge in [-0.25, -0.2) is 4.39 Å². The van der Waals surface area contributed by atoms with E-state index in [9.17, 15) is 17.7 Å². The first-order valence-electron chi connectivity index (χ1n) is 6.46. The highest BCUT2D eigenvalue weighted by molar-refractivity contribution is 7.90. The van der Waals surface area contributed by atoms with Gasteiger partial charge in [0.2, 0.25) is 0 Å². The normalized spacial score (nSPS) is 15.9. The lowest BCUT2D eigenvalue weighted by Gasteiger charge is -2.27. The summed E-state index contributed by atoms with van der Waals surface area (Å²) in [6, 6.07) is 2.86. The number of nitrogens with one attached hydrogen (secondary N) is 1. The van der Waals surface area contributed by atoms with Crippen LogP contribution in [0, 0.1) is 5.82 Å². The van der Waals surface area contributed by atoms with Gasteiger partial charge in [-0.2, -0.15) is 8.78 Å². The van der Waals surface area contributed by atoms with Gasteiger partial charge in [0.05, 0.1) is 11.6 Å². The first kappa shape index (κ1) is 18.3. The molecule has 2 N–H and O–H groups in total. The molecule has 1 aromatic rings. The minimum Gasteiger partial charge on any atom is -0.598 e. The molecule has 7 heteroatoms. The molecule has 0 radical (unpaired) electrons. The van der Waals surface area contributed by atoms with E-state index in [2.05, 4.69) is 4.72 Å². The molecule has 0 saturated carbocycles. The highest BCUT2D eigenvalue weighted by atomic mass is 32.2. The van der Waals surface area contributed by atoms with Gasteiger partial charge < -0.3 is 9.66 Å². The Bertz CT molecular complexity index is 492. The third-order valence-corrected chi connectivity index (χ3v) is 4.61. The predicted octanol–water partition coefficient (Wildman–Crippen LogP) is 3.02. The van der Waals surface area contributed by atoms with Crippen LogP contribution in [0.15, 0.2) is 18.2 Å². The van der Waals surface area contributed by atoms with Gasteiger partial charge in [-0.3, -0.25) is 0 Å². The quantitative estimate of drug-likeness (QED) is 0.819. The number of hydrogen-bond acceptors (Lipinski definition) is 3. The minimum absolute atomic E-state index is 0.0155. The zero-order valence-corrected chi connectivity index (χ0v) is 13.2. The Morgan fingerprint density at radius 3 is 2.38 bits per heavy atom. The Morgan fingerprint density at radius 2 is 1.90 bits per heavy atom. The van der Waals surface area contributed by atoms with Crippen LogP contribution in [0.5, 0.6) is 0 Å². The standard InChI is InChI=1S/C14H20F3NO2S/c1-9(18-21(20)13(2,3)4)10-6-5-7-11(12(10)15)14(16,17)8-19/h5-7,9,18-19H,8H2,1-4H3/t9?,21-/m1/s1. The molecule has 0 aromatic heterocycles. The van der Waals surface area contributed by atoms with Crippen molar-refractivity contribution in [2.75, 3.05) is 6.61 Å². The molecule has 21 heavy (non-hydrogen) atoms. The molecule has 0 fully saturated rings. The number of hydrogen-bond donors (Lipinski definition) is 2. The second-order valence-electron chi connectivity index (χ2n) is 5.79. The van der Waals surface area contributed by atoms with E-state index < -0.39 is 46.1 Å². The summed E-state index contributed by atoms with van der Waals surface area (Å²) in [5.74, 6) is -4.74. The second-order valence-corrected chi connectivity index (χ2v) is 7.79. The van der Waals surface area contributed by atoms with Crippen LogP contribution in [-0.4, -0.2) is 21.0 Å². The average Bonchev–Trinajstić information content (AvgIpc) is 2.37. The van der Waals surface area contributed by atoms with Crippen molar-refractivity contribution < 1.29 is 22.8 Å². The summed E-state index contributed by atoms with van der Waals surface area (Å²) >= 11 is -1.46. The molecule has 0 amide bonds. The number of aliphatic hydroxyl groups excluding tert-OH is 1. The topological polar surface area (TPSA) is 55.3 Å². The fourth-order valence-corrected chi connectivity index (χ4v) is 2.45. The first-order valence-corrected chi connectivity index (χ1v) is 7.61. The number of aliphatic hydroxyl groups is 1. The number of rotatable bonds is 5. The van der Waals surface area contributed by atoms with Crippen molar-refractivity contribution in [1.29, 1.82) is 0 Å².